The Kier molecular flexibility index (Phi) is 3.61. The quantitative estimate of drug-likeness (QED) is 0.493. The van der Waals surface area contributed by atoms with E-state index in [0.29, 0.717) is 5.56 Å². The standard InChI is InChI=1S/C15H14N2O6/c1-7-2-3-8(6-9(7)17(21)22)16-14(18)12-10-4-5-11(23-10)13(12)15(19)20/h2-6,10-13H,1H3,(H,16,18)(H,19,20)/t10-,11-,12-,13+/m1/s1. The first-order chi connectivity index (χ1) is 10.9. The Hall–Kier alpha value is -2.74. The molecular formula is C15H14N2O6. The van der Waals surface area contributed by atoms with Crippen molar-refractivity contribution in [1.82, 2.24) is 0 Å². The normalized spacial score (nSPS) is 27.9. The highest BCUT2D eigenvalue weighted by atomic mass is 16.6. The van der Waals surface area contributed by atoms with E-state index in [1.165, 1.54) is 12.1 Å². The molecule has 8 nitrogen and oxygen atoms in total. The van der Waals surface area contributed by atoms with Gasteiger partial charge < -0.3 is 15.2 Å². The molecule has 8 heteroatoms. The molecular weight excluding hydrogens is 304 g/mol. The molecule has 1 aromatic rings. The predicted octanol–water partition coefficient (Wildman–Crippen LogP) is 1.50. The Balaban J connectivity index is 1.82. The average Bonchev–Trinajstić information content (AvgIpc) is 3.09. The van der Waals surface area contributed by atoms with Crippen LogP contribution in [0.15, 0.2) is 30.4 Å². The van der Waals surface area contributed by atoms with Crippen LogP contribution >= 0.6 is 0 Å². The van der Waals surface area contributed by atoms with E-state index in [1.807, 2.05) is 0 Å². The number of fused-ring (bicyclic) bond motifs is 2. The highest BCUT2D eigenvalue weighted by Crippen LogP contribution is 2.40. The molecule has 4 atom stereocenters. The molecule has 0 spiro atoms. The molecule has 0 saturated carbocycles. The van der Waals surface area contributed by atoms with Crippen molar-refractivity contribution in [3.63, 3.8) is 0 Å². The average molecular weight is 318 g/mol. The van der Waals surface area contributed by atoms with Gasteiger partial charge in [0.05, 0.1) is 23.0 Å². The van der Waals surface area contributed by atoms with Gasteiger partial charge in [0.1, 0.15) is 5.92 Å². The third-order valence-electron chi connectivity index (χ3n) is 4.16. The van der Waals surface area contributed by atoms with E-state index in [1.54, 1.807) is 25.1 Å². The molecule has 2 aliphatic rings. The summed E-state index contributed by atoms with van der Waals surface area (Å²) in [6.07, 6.45) is 2.12. The van der Waals surface area contributed by atoms with Gasteiger partial charge in [-0.25, -0.2) is 0 Å². The number of carboxylic acids is 1. The van der Waals surface area contributed by atoms with Crippen molar-refractivity contribution in [3.05, 3.63) is 46.0 Å². The van der Waals surface area contributed by atoms with Gasteiger partial charge in [-0.15, -0.1) is 0 Å². The van der Waals surface area contributed by atoms with Crippen LogP contribution in [-0.2, 0) is 14.3 Å². The van der Waals surface area contributed by atoms with Gasteiger partial charge >= 0.3 is 5.97 Å². The van der Waals surface area contributed by atoms with E-state index in [9.17, 15) is 24.8 Å². The monoisotopic (exact) mass is 318 g/mol. The van der Waals surface area contributed by atoms with Crippen LogP contribution in [0.3, 0.4) is 0 Å². The molecule has 23 heavy (non-hydrogen) atoms. The summed E-state index contributed by atoms with van der Waals surface area (Å²) < 4.78 is 5.44. The Labute approximate surface area is 130 Å². The van der Waals surface area contributed by atoms with Gasteiger partial charge in [-0.2, -0.15) is 0 Å². The van der Waals surface area contributed by atoms with Crippen molar-refractivity contribution in [2.75, 3.05) is 5.32 Å². The van der Waals surface area contributed by atoms with Gasteiger partial charge in [0, 0.05) is 17.3 Å². The van der Waals surface area contributed by atoms with Gasteiger partial charge in [-0.05, 0) is 13.0 Å². The molecule has 0 aromatic heterocycles. The van der Waals surface area contributed by atoms with Crippen molar-refractivity contribution in [1.29, 1.82) is 0 Å². The molecule has 2 N–H and O–H groups in total. The van der Waals surface area contributed by atoms with Crippen molar-refractivity contribution < 1.29 is 24.4 Å². The van der Waals surface area contributed by atoms with Crippen molar-refractivity contribution in [2.24, 2.45) is 11.8 Å². The van der Waals surface area contributed by atoms with Gasteiger partial charge in [0.25, 0.3) is 5.69 Å². The second-order valence-corrected chi connectivity index (χ2v) is 5.59. The lowest BCUT2D eigenvalue weighted by Gasteiger charge is -2.21. The van der Waals surface area contributed by atoms with E-state index in [4.69, 9.17) is 4.74 Å². The minimum absolute atomic E-state index is 0.110. The number of ether oxygens (including phenoxy) is 1. The maximum atomic E-state index is 12.4. The molecule has 120 valence electrons. The summed E-state index contributed by atoms with van der Waals surface area (Å²) in [4.78, 5) is 34.2. The van der Waals surface area contributed by atoms with Crippen molar-refractivity contribution >= 4 is 23.3 Å². The van der Waals surface area contributed by atoms with Crippen molar-refractivity contribution in [3.8, 4) is 0 Å². The molecule has 1 fully saturated rings. The number of nitro groups is 1. The van der Waals surface area contributed by atoms with E-state index >= 15 is 0 Å². The zero-order valence-corrected chi connectivity index (χ0v) is 12.1. The largest absolute Gasteiger partial charge is 0.481 e. The number of aliphatic carboxylic acids is 1. The number of carboxylic acid groups (broad SMARTS) is 1. The van der Waals surface area contributed by atoms with Crippen LogP contribution in [0.1, 0.15) is 5.56 Å². The summed E-state index contributed by atoms with van der Waals surface area (Å²) in [6, 6.07) is 4.33. The smallest absolute Gasteiger partial charge is 0.310 e. The third kappa shape index (κ3) is 2.57. The van der Waals surface area contributed by atoms with Gasteiger partial charge in [0.15, 0.2) is 0 Å². The molecule has 1 saturated heterocycles. The number of carbonyl (C=O) groups is 2. The summed E-state index contributed by atoms with van der Waals surface area (Å²) in [7, 11) is 0. The fourth-order valence-corrected chi connectivity index (χ4v) is 3.02. The number of nitro benzene ring substituents is 1. The zero-order chi connectivity index (χ0) is 16.7. The lowest BCUT2D eigenvalue weighted by Crippen LogP contribution is -2.39. The lowest BCUT2D eigenvalue weighted by molar-refractivity contribution is -0.385. The third-order valence-corrected chi connectivity index (χ3v) is 4.16. The summed E-state index contributed by atoms with van der Waals surface area (Å²) in [6.45, 7) is 1.60. The number of rotatable bonds is 4. The Morgan fingerprint density at radius 2 is 1.91 bits per heavy atom. The van der Waals surface area contributed by atoms with Gasteiger partial charge in [-0.3, -0.25) is 19.7 Å². The SMILES string of the molecule is Cc1ccc(NC(=O)[C@H]2[C@@H](C(=O)O)[C@H]3C=C[C@H]2O3)cc1[N+](=O)[O-]. The molecule has 2 aliphatic heterocycles. The molecule has 1 amide bonds. The highest BCUT2D eigenvalue weighted by molar-refractivity contribution is 5.97. The summed E-state index contributed by atoms with van der Waals surface area (Å²) >= 11 is 0. The number of amides is 1. The van der Waals surface area contributed by atoms with Crippen LogP contribution in [0.25, 0.3) is 0 Å². The Bertz CT molecular complexity index is 729. The van der Waals surface area contributed by atoms with Gasteiger partial charge in [-0.1, -0.05) is 18.2 Å². The van der Waals surface area contributed by atoms with Crippen LogP contribution in [0.5, 0.6) is 0 Å². The number of nitrogens with one attached hydrogen (secondary N) is 1. The van der Waals surface area contributed by atoms with Crippen molar-refractivity contribution in [2.45, 2.75) is 19.1 Å². The molecule has 2 bridgehead atoms. The summed E-state index contributed by atoms with van der Waals surface area (Å²) in [5, 5.41) is 22.8. The molecule has 0 unspecified atom stereocenters. The molecule has 0 aliphatic carbocycles. The topological polar surface area (TPSA) is 119 Å². The number of hydrogen-bond donors (Lipinski definition) is 2. The molecule has 1 aromatic carbocycles. The number of nitrogens with zero attached hydrogens (tertiary/aromatic N) is 1. The first kappa shape index (κ1) is 15.2. The van der Waals surface area contributed by atoms with E-state index in [-0.39, 0.29) is 11.4 Å². The minimum Gasteiger partial charge on any atom is -0.481 e. The van der Waals surface area contributed by atoms with Crippen LogP contribution < -0.4 is 5.32 Å². The molecule has 2 heterocycles. The zero-order valence-electron chi connectivity index (χ0n) is 12.1. The van der Waals surface area contributed by atoms with Crippen LogP contribution in [0.2, 0.25) is 0 Å². The highest BCUT2D eigenvalue weighted by Gasteiger charge is 2.53. The second kappa shape index (κ2) is 5.47. The van der Waals surface area contributed by atoms with Gasteiger partial charge in [0.2, 0.25) is 5.91 Å². The molecule has 0 radical (unpaired) electrons. The number of benzene rings is 1. The number of anilines is 1. The number of carbonyl (C=O) groups excluding carboxylic acids is 1. The van der Waals surface area contributed by atoms with E-state index in [2.05, 4.69) is 5.32 Å². The van der Waals surface area contributed by atoms with E-state index < -0.39 is 40.8 Å². The second-order valence-electron chi connectivity index (χ2n) is 5.59. The Morgan fingerprint density at radius 1 is 1.26 bits per heavy atom. The maximum absolute atomic E-state index is 12.4. The van der Waals surface area contributed by atoms with Crippen LogP contribution in [0.4, 0.5) is 11.4 Å². The van der Waals surface area contributed by atoms with Crippen LogP contribution in [-0.4, -0.2) is 34.1 Å². The fourth-order valence-electron chi connectivity index (χ4n) is 3.02. The number of aryl methyl sites for hydroxylation is 1. The minimum atomic E-state index is -1.10. The summed E-state index contributed by atoms with van der Waals surface area (Å²) in [5.74, 6) is -3.43. The fraction of sp³-hybridized carbons (Fsp3) is 0.333. The summed E-state index contributed by atoms with van der Waals surface area (Å²) in [5.41, 5.74) is 0.618. The van der Waals surface area contributed by atoms with Crippen LogP contribution in [0, 0.1) is 28.9 Å². The van der Waals surface area contributed by atoms with E-state index in [0.717, 1.165) is 0 Å². The predicted molar refractivity (Wildman–Crippen MR) is 78.9 cm³/mol. The lowest BCUT2D eigenvalue weighted by atomic mass is 9.82. The first-order valence-corrected chi connectivity index (χ1v) is 7.01. The Morgan fingerprint density at radius 3 is 2.52 bits per heavy atom. The number of hydrogen-bond acceptors (Lipinski definition) is 5. The first-order valence-electron chi connectivity index (χ1n) is 7.01. The molecule has 3 rings (SSSR count). The maximum Gasteiger partial charge on any atom is 0.310 e.